The molecule has 8 nitrogen and oxygen atoms in total. The molecule has 2 aromatic rings. The van der Waals surface area contributed by atoms with Crippen molar-refractivity contribution < 1.29 is 22.7 Å². The number of halogens is 3. The van der Waals surface area contributed by atoms with Crippen molar-refractivity contribution in [3.8, 4) is 0 Å². The highest BCUT2D eigenvalue weighted by molar-refractivity contribution is 7.16. The van der Waals surface area contributed by atoms with Crippen LogP contribution in [0.5, 0.6) is 0 Å². The van der Waals surface area contributed by atoms with Gasteiger partial charge in [-0.1, -0.05) is 11.3 Å². The van der Waals surface area contributed by atoms with Crippen molar-refractivity contribution in [2.75, 3.05) is 26.3 Å². The first-order chi connectivity index (χ1) is 10.4. The molecule has 2 amide bonds. The Hall–Kier alpha value is -1.95. The lowest BCUT2D eigenvalue weighted by Gasteiger charge is -2.26. The summed E-state index contributed by atoms with van der Waals surface area (Å²) in [7, 11) is 0. The molecule has 0 atom stereocenters. The minimum Gasteiger partial charge on any atom is -0.378 e. The quantitative estimate of drug-likeness (QED) is 0.875. The van der Waals surface area contributed by atoms with E-state index in [1.807, 2.05) is 0 Å². The molecule has 1 saturated heterocycles. The van der Waals surface area contributed by atoms with Gasteiger partial charge in [0.15, 0.2) is 0 Å². The van der Waals surface area contributed by atoms with Gasteiger partial charge in [0.05, 0.1) is 19.8 Å². The van der Waals surface area contributed by atoms with Crippen LogP contribution in [0, 0.1) is 0 Å². The van der Waals surface area contributed by atoms with Crippen LogP contribution in [0.25, 0.3) is 4.96 Å². The van der Waals surface area contributed by atoms with Crippen molar-refractivity contribution in [1.82, 2.24) is 30.0 Å². The maximum atomic E-state index is 12.7. The van der Waals surface area contributed by atoms with E-state index in [4.69, 9.17) is 4.74 Å². The van der Waals surface area contributed by atoms with Gasteiger partial charge in [0.1, 0.15) is 5.01 Å². The molecule has 120 valence electrons. The van der Waals surface area contributed by atoms with E-state index in [2.05, 4.69) is 20.6 Å². The van der Waals surface area contributed by atoms with Crippen molar-refractivity contribution in [3.63, 3.8) is 0 Å². The van der Waals surface area contributed by atoms with Crippen LogP contribution in [0.15, 0.2) is 0 Å². The predicted molar refractivity (Wildman–Crippen MR) is 68.3 cm³/mol. The molecule has 0 radical (unpaired) electrons. The Labute approximate surface area is 125 Å². The Kier molecular flexibility index (Phi) is 3.87. The molecule has 3 heterocycles. The van der Waals surface area contributed by atoms with Gasteiger partial charge in [0, 0.05) is 13.1 Å². The summed E-state index contributed by atoms with van der Waals surface area (Å²) in [6.07, 6.45) is -4.62. The summed E-state index contributed by atoms with van der Waals surface area (Å²) in [6, 6.07) is -0.301. The van der Waals surface area contributed by atoms with E-state index in [0.29, 0.717) is 35.8 Å². The van der Waals surface area contributed by atoms with E-state index in [-0.39, 0.29) is 17.5 Å². The molecule has 1 N–H and O–H groups in total. The summed E-state index contributed by atoms with van der Waals surface area (Å²) in [5.41, 5.74) is 0. The molecule has 0 aromatic carbocycles. The molecule has 2 aromatic heterocycles. The van der Waals surface area contributed by atoms with Gasteiger partial charge in [-0.3, -0.25) is 0 Å². The van der Waals surface area contributed by atoms with Crippen LogP contribution in [-0.2, 0) is 17.5 Å². The normalized spacial score (nSPS) is 16.2. The largest absolute Gasteiger partial charge is 0.453 e. The van der Waals surface area contributed by atoms with Crippen LogP contribution in [0.1, 0.15) is 10.8 Å². The van der Waals surface area contributed by atoms with Gasteiger partial charge >= 0.3 is 12.2 Å². The molecule has 0 unspecified atom stereocenters. The summed E-state index contributed by atoms with van der Waals surface area (Å²) in [6.45, 7) is 1.93. The van der Waals surface area contributed by atoms with Crippen LogP contribution in [-0.4, -0.2) is 57.0 Å². The number of ether oxygens (including phenoxy) is 1. The van der Waals surface area contributed by atoms with Crippen LogP contribution in [0.2, 0.25) is 0 Å². The average Bonchev–Trinajstić information content (AvgIpc) is 3.04. The third-order valence-electron chi connectivity index (χ3n) is 2.98. The molecule has 0 bridgehead atoms. The van der Waals surface area contributed by atoms with Gasteiger partial charge in [0.25, 0.3) is 5.82 Å². The van der Waals surface area contributed by atoms with Crippen molar-refractivity contribution in [2.45, 2.75) is 12.7 Å². The molecular weight excluding hydrogens is 325 g/mol. The number of urea groups is 1. The maximum absolute atomic E-state index is 12.7. The number of nitrogens with one attached hydrogen (secondary N) is 1. The molecule has 1 aliphatic heterocycles. The van der Waals surface area contributed by atoms with Gasteiger partial charge in [-0.15, -0.1) is 10.2 Å². The number of aromatic nitrogens is 4. The number of hydrogen-bond acceptors (Lipinski definition) is 6. The zero-order chi connectivity index (χ0) is 15.7. The van der Waals surface area contributed by atoms with Gasteiger partial charge in [-0.05, 0) is 0 Å². The second-order valence-electron chi connectivity index (χ2n) is 4.47. The molecule has 0 aliphatic carbocycles. The smallest absolute Gasteiger partial charge is 0.378 e. The maximum Gasteiger partial charge on any atom is 0.453 e. The Morgan fingerprint density at radius 1 is 1.32 bits per heavy atom. The second kappa shape index (κ2) is 5.68. The number of nitrogens with zero attached hydrogens (tertiary/aromatic N) is 5. The Bertz CT molecular complexity index is 678. The lowest BCUT2D eigenvalue weighted by Crippen LogP contribution is -2.45. The Balaban J connectivity index is 1.67. The van der Waals surface area contributed by atoms with Gasteiger partial charge in [-0.25, -0.2) is 4.79 Å². The summed E-state index contributed by atoms with van der Waals surface area (Å²) in [5, 5.41) is 13.2. The number of amides is 2. The minimum atomic E-state index is -4.62. The first-order valence-corrected chi connectivity index (χ1v) is 7.15. The lowest BCUT2D eigenvalue weighted by molar-refractivity contribution is -0.146. The number of carbonyl (C=O) groups excluding carboxylic acids is 1. The number of morpholine rings is 1. The summed E-state index contributed by atoms with van der Waals surface area (Å²) in [5.74, 6) is -1.18. The molecule has 1 fully saturated rings. The Morgan fingerprint density at radius 3 is 2.73 bits per heavy atom. The molecule has 1 aliphatic rings. The monoisotopic (exact) mass is 336 g/mol. The average molecular weight is 336 g/mol. The van der Waals surface area contributed by atoms with Crippen LogP contribution < -0.4 is 5.32 Å². The number of rotatable bonds is 2. The van der Waals surface area contributed by atoms with E-state index in [0.717, 1.165) is 11.3 Å². The van der Waals surface area contributed by atoms with Gasteiger partial charge in [-0.2, -0.15) is 22.8 Å². The van der Waals surface area contributed by atoms with Gasteiger partial charge in [0.2, 0.25) is 4.96 Å². The molecule has 0 saturated carbocycles. The predicted octanol–water partition coefficient (Wildman–Crippen LogP) is 0.746. The SMILES string of the molecule is O=C(NCc1nn2c(C(F)(F)F)nnc2s1)N1CCOCC1. The van der Waals surface area contributed by atoms with Crippen molar-refractivity contribution >= 4 is 22.3 Å². The third kappa shape index (κ3) is 2.97. The first-order valence-electron chi connectivity index (χ1n) is 6.34. The van der Waals surface area contributed by atoms with Crippen LogP contribution in [0.3, 0.4) is 0 Å². The highest BCUT2D eigenvalue weighted by atomic mass is 32.1. The number of hydrogen-bond donors (Lipinski definition) is 1. The molecule has 3 rings (SSSR count). The van der Waals surface area contributed by atoms with E-state index in [1.165, 1.54) is 0 Å². The number of fused-ring (bicyclic) bond motifs is 1. The summed E-state index contributed by atoms with van der Waals surface area (Å²) >= 11 is 0.943. The van der Waals surface area contributed by atoms with Crippen LogP contribution in [0.4, 0.5) is 18.0 Å². The van der Waals surface area contributed by atoms with E-state index >= 15 is 0 Å². The molecule has 12 heteroatoms. The first kappa shape index (κ1) is 15.0. The molecule has 22 heavy (non-hydrogen) atoms. The van der Waals surface area contributed by atoms with Crippen molar-refractivity contribution in [2.24, 2.45) is 0 Å². The van der Waals surface area contributed by atoms with E-state index in [1.54, 1.807) is 4.90 Å². The summed E-state index contributed by atoms with van der Waals surface area (Å²) in [4.78, 5) is 13.5. The minimum absolute atomic E-state index is 0.0293. The highest BCUT2D eigenvalue weighted by Gasteiger charge is 2.38. The van der Waals surface area contributed by atoms with E-state index < -0.39 is 12.0 Å². The fraction of sp³-hybridized carbons (Fsp3) is 0.600. The fourth-order valence-corrected chi connectivity index (χ4v) is 2.71. The fourth-order valence-electron chi connectivity index (χ4n) is 1.93. The van der Waals surface area contributed by atoms with Crippen molar-refractivity contribution in [1.29, 1.82) is 0 Å². The third-order valence-corrected chi connectivity index (χ3v) is 3.87. The van der Waals surface area contributed by atoms with Gasteiger partial charge < -0.3 is 15.0 Å². The highest BCUT2D eigenvalue weighted by Crippen LogP contribution is 2.28. The topological polar surface area (TPSA) is 84.7 Å². The molecule has 0 spiro atoms. The van der Waals surface area contributed by atoms with E-state index in [9.17, 15) is 18.0 Å². The lowest BCUT2D eigenvalue weighted by atomic mass is 10.4. The Morgan fingerprint density at radius 2 is 2.05 bits per heavy atom. The number of alkyl halides is 3. The van der Waals surface area contributed by atoms with Crippen LogP contribution >= 0.6 is 11.3 Å². The molecular formula is C10H11F3N6O2S. The second-order valence-corrected chi connectivity index (χ2v) is 5.51. The number of carbonyl (C=O) groups is 1. The summed E-state index contributed by atoms with van der Waals surface area (Å²) < 4.78 is 43.8. The zero-order valence-corrected chi connectivity index (χ0v) is 11.9. The zero-order valence-electron chi connectivity index (χ0n) is 11.1. The standard InChI is InChI=1S/C10H11F3N6O2S/c11-10(12,13)7-15-16-9-19(7)17-6(22-9)5-14-8(20)18-1-3-21-4-2-18/h1-5H2,(H,14,20). The van der Waals surface area contributed by atoms with Crippen molar-refractivity contribution in [3.05, 3.63) is 10.8 Å².